The van der Waals surface area contributed by atoms with Gasteiger partial charge in [-0.3, -0.25) is 0 Å². The van der Waals surface area contributed by atoms with Crippen LogP contribution in [-0.2, 0) is 0 Å². The van der Waals surface area contributed by atoms with Crippen molar-refractivity contribution in [1.82, 2.24) is 18.3 Å². The van der Waals surface area contributed by atoms with E-state index in [0.29, 0.717) is 0 Å². The van der Waals surface area contributed by atoms with E-state index in [0.717, 1.165) is 0 Å². The van der Waals surface area contributed by atoms with Crippen LogP contribution in [0.3, 0.4) is 0 Å². The molecular formula is C29H20N4+4. The molecule has 4 heterocycles. The van der Waals surface area contributed by atoms with Crippen molar-refractivity contribution in [3.05, 3.63) is 139 Å². The highest BCUT2D eigenvalue weighted by Gasteiger charge is 2.78. The summed E-state index contributed by atoms with van der Waals surface area (Å²) in [6, 6.07) is 34.7. The van der Waals surface area contributed by atoms with Gasteiger partial charge in [-0.25, -0.2) is 0 Å². The van der Waals surface area contributed by atoms with Crippen molar-refractivity contribution in [2.24, 2.45) is 0 Å². The molecule has 0 saturated carbocycles. The average Bonchev–Trinajstić information content (AvgIpc) is 2.88. The van der Waals surface area contributed by atoms with Gasteiger partial charge in [0.1, 0.15) is 20.9 Å². The Balaban J connectivity index is 1.82. The Labute approximate surface area is 188 Å². The molecule has 8 rings (SSSR count). The first-order chi connectivity index (χ1) is 16.4. The molecule has 0 atom stereocenters. The van der Waals surface area contributed by atoms with Crippen LogP contribution in [0.1, 0.15) is 0 Å². The maximum Gasteiger partial charge on any atom is 0.769 e. The molecule has 0 aromatic heterocycles. The molecule has 0 aliphatic carbocycles. The van der Waals surface area contributed by atoms with Gasteiger partial charge in [-0.05, 0) is 42.6 Å². The maximum absolute atomic E-state index is 2.43. The lowest BCUT2D eigenvalue weighted by Gasteiger charge is -2.22. The van der Waals surface area contributed by atoms with Gasteiger partial charge in [0, 0.05) is 24.3 Å². The van der Waals surface area contributed by atoms with E-state index >= 15 is 0 Å². The van der Waals surface area contributed by atoms with E-state index in [1.54, 1.807) is 0 Å². The molecule has 0 unspecified atom stereocenters. The van der Waals surface area contributed by atoms with Crippen molar-refractivity contribution >= 4 is 24.8 Å². The van der Waals surface area contributed by atoms with Gasteiger partial charge in [0.2, 0.25) is 46.2 Å². The molecule has 0 radical (unpaired) electrons. The quantitative estimate of drug-likeness (QED) is 0.274. The third-order valence-corrected chi connectivity index (χ3v) is 7.15. The fourth-order valence-electron chi connectivity index (χ4n) is 5.79. The van der Waals surface area contributed by atoms with Crippen LogP contribution in [0.25, 0.3) is 24.8 Å². The zero-order chi connectivity index (χ0) is 21.6. The topological polar surface area (TPSA) is 12.0 Å². The average molecular weight is 425 g/mol. The molecule has 4 aliphatic rings. The normalized spacial score (nSPS) is 17.5. The number of fused-ring (bicyclic) bond motifs is 4. The van der Waals surface area contributed by atoms with E-state index in [1.807, 2.05) is 0 Å². The lowest BCUT2D eigenvalue weighted by atomic mass is 10.1. The Morgan fingerprint density at radius 1 is 0.333 bits per heavy atom. The Morgan fingerprint density at radius 2 is 0.576 bits per heavy atom. The summed E-state index contributed by atoms with van der Waals surface area (Å²) >= 11 is 0. The molecule has 4 aliphatic heterocycles. The van der Waals surface area contributed by atoms with Crippen molar-refractivity contribution in [2.75, 3.05) is 0 Å². The monoisotopic (exact) mass is 424 g/mol. The van der Waals surface area contributed by atoms with Crippen LogP contribution in [0.4, 0.5) is 0 Å². The van der Waals surface area contributed by atoms with Crippen molar-refractivity contribution in [2.45, 2.75) is 5.91 Å². The number of rotatable bonds is 0. The first-order valence-electron chi connectivity index (χ1n) is 11.3. The van der Waals surface area contributed by atoms with Gasteiger partial charge in [-0.2, -0.15) is 0 Å². The molecule has 0 bridgehead atoms. The van der Waals surface area contributed by atoms with Gasteiger partial charge >= 0.3 is 5.91 Å². The van der Waals surface area contributed by atoms with Gasteiger partial charge in [0.15, 0.2) is 0 Å². The van der Waals surface area contributed by atoms with Crippen LogP contribution in [-0.4, -0.2) is 5.91 Å². The summed E-state index contributed by atoms with van der Waals surface area (Å²) in [5.74, 6) is -0.634. The van der Waals surface area contributed by atoms with Crippen molar-refractivity contribution in [3.8, 4) is 0 Å². The summed E-state index contributed by atoms with van der Waals surface area (Å²) in [6.45, 7) is 0. The number of benzene rings is 4. The maximum atomic E-state index is 2.43. The highest BCUT2D eigenvalue weighted by atomic mass is 15.6. The fourth-order valence-corrected chi connectivity index (χ4v) is 5.79. The van der Waals surface area contributed by atoms with Crippen LogP contribution in [0.15, 0.2) is 97.1 Å². The van der Waals surface area contributed by atoms with Gasteiger partial charge in [0.25, 0.3) is 0 Å². The number of nitrogens with zero attached hydrogens (tertiary/aromatic N) is 4. The summed E-state index contributed by atoms with van der Waals surface area (Å²) in [5.41, 5.74) is 0. The van der Waals surface area contributed by atoms with Crippen LogP contribution < -0.4 is 60.6 Å². The second kappa shape index (κ2) is 5.87. The summed E-state index contributed by atoms with van der Waals surface area (Å²) in [7, 11) is 0. The van der Waals surface area contributed by atoms with E-state index in [-0.39, 0.29) is 0 Å². The smallest absolute Gasteiger partial charge is 0.0609 e. The summed E-state index contributed by atoms with van der Waals surface area (Å²) in [6.07, 6.45) is 9.23. The van der Waals surface area contributed by atoms with E-state index in [1.165, 1.54) is 42.3 Å². The second-order valence-corrected chi connectivity index (χ2v) is 8.83. The Morgan fingerprint density at radius 3 is 0.848 bits per heavy atom. The first kappa shape index (κ1) is 17.2. The highest BCUT2D eigenvalue weighted by Crippen LogP contribution is 2.16. The molecule has 0 fully saturated rings. The minimum absolute atomic E-state index is 0.634. The van der Waals surface area contributed by atoms with Crippen LogP contribution >= 0.6 is 0 Å². The van der Waals surface area contributed by atoms with Gasteiger partial charge < -0.3 is 0 Å². The van der Waals surface area contributed by atoms with Crippen molar-refractivity contribution < 1.29 is 0 Å². The molecule has 1 spiro atoms. The summed E-state index contributed by atoms with van der Waals surface area (Å²) in [5, 5.41) is 9.59. The van der Waals surface area contributed by atoms with E-state index in [2.05, 4.69) is 140 Å². The molecule has 4 aromatic rings. The van der Waals surface area contributed by atoms with E-state index in [9.17, 15) is 0 Å². The molecule has 4 nitrogen and oxygen atoms in total. The Hall–Kier alpha value is -4.44. The summed E-state index contributed by atoms with van der Waals surface area (Å²) < 4.78 is 9.74. The Bertz CT molecular complexity index is 1780. The number of hydrogen-bond acceptors (Lipinski definition) is 0. The first-order valence-corrected chi connectivity index (χ1v) is 11.3. The van der Waals surface area contributed by atoms with Crippen LogP contribution in [0.2, 0.25) is 0 Å². The van der Waals surface area contributed by atoms with Gasteiger partial charge in [-0.1, -0.05) is 48.5 Å². The largest absolute Gasteiger partial charge is 0.769 e. The molecule has 4 heteroatoms. The number of hydrogen-bond donors (Lipinski definition) is 0. The SMILES string of the molecule is C1=c2ccccc2=[N+]2C=c3ccccc3=[N+]3C=c4ccccc4=[N+]4C=c5ccccc5=[N+]1C243. The zero-order valence-corrected chi connectivity index (χ0v) is 17.8. The van der Waals surface area contributed by atoms with E-state index < -0.39 is 5.91 Å². The van der Waals surface area contributed by atoms with Crippen LogP contribution in [0, 0.1) is 0 Å². The molecule has 0 amide bonds. The van der Waals surface area contributed by atoms with Gasteiger partial charge in [-0.15, -0.1) is 0 Å². The van der Waals surface area contributed by atoms with Crippen LogP contribution in [0.5, 0.6) is 0 Å². The second-order valence-electron chi connectivity index (χ2n) is 8.83. The van der Waals surface area contributed by atoms with E-state index in [4.69, 9.17) is 0 Å². The molecule has 0 N–H and O–H groups in total. The fraction of sp³-hybridized carbons (Fsp3) is 0.0345. The van der Waals surface area contributed by atoms with Gasteiger partial charge in [0.05, 0.1) is 0 Å². The lowest BCUT2D eigenvalue weighted by molar-refractivity contribution is 0.125. The molecule has 0 saturated heterocycles. The molecular weight excluding hydrogens is 404 g/mol. The van der Waals surface area contributed by atoms with Crippen molar-refractivity contribution in [3.63, 3.8) is 0 Å². The minimum atomic E-state index is -0.634. The van der Waals surface area contributed by atoms with Crippen molar-refractivity contribution in [1.29, 1.82) is 0 Å². The molecule has 4 aromatic carbocycles. The third-order valence-electron chi connectivity index (χ3n) is 7.15. The molecule has 152 valence electrons. The highest BCUT2D eigenvalue weighted by molar-refractivity contribution is 5.48. The lowest BCUT2D eigenvalue weighted by Crippen LogP contribution is -2.84. The predicted molar refractivity (Wildman–Crippen MR) is 128 cm³/mol. The summed E-state index contributed by atoms with van der Waals surface area (Å²) in [4.78, 5) is 0. The molecule has 33 heavy (non-hydrogen) atoms. The minimum Gasteiger partial charge on any atom is -0.0609 e. The standard InChI is InChI=1S/C29H20N4/c1-5-13-25-21(9-1)17-30-26-14-6-2-11-23(26)19-32-28-16-8-4-12-24(28)20-33-27-15-7-3-10-22(27)18-31(25)29(30,32)33/h1-20H/q+4. The predicted octanol–water partition coefficient (Wildman–Crippen LogP) is -2.63. The zero-order valence-electron chi connectivity index (χ0n) is 17.8. The number of para-hydroxylation sites is 4. The Kier molecular flexibility index (Phi) is 3.05. The third kappa shape index (κ3) is 1.97.